The van der Waals surface area contributed by atoms with Gasteiger partial charge in [-0.05, 0) is 31.0 Å². The van der Waals surface area contributed by atoms with Gasteiger partial charge in [0.2, 0.25) is 5.95 Å². The van der Waals surface area contributed by atoms with Gasteiger partial charge < -0.3 is 15.1 Å². The normalized spacial score (nSPS) is 17.9. The number of hydrogen-bond donors (Lipinski definition) is 1. The molecule has 1 saturated carbocycles. The number of nitrogens with one attached hydrogen (secondary N) is 1. The van der Waals surface area contributed by atoms with Gasteiger partial charge in [0.1, 0.15) is 0 Å². The van der Waals surface area contributed by atoms with Crippen molar-refractivity contribution in [3.8, 4) is 0 Å². The minimum absolute atomic E-state index is 0.0249. The molecule has 1 saturated heterocycles. The number of para-hydroxylation sites is 1. The van der Waals surface area contributed by atoms with Gasteiger partial charge in [-0.15, -0.1) is 11.8 Å². The monoisotopic (exact) mass is 383 g/mol. The topological polar surface area (TPSA) is 61.4 Å². The first kappa shape index (κ1) is 18.1. The maximum Gasteiger partial charge on any atom is 0.321 e. The van der Waals surface area contributed by atoms with Crippen LogP contribution in [0.4, 0.5) is 16.4 Å². The number of piperazine rings is 1. The first-order valence-electron chi connectivity index (χ1n) is 9.63. The third-order valence-corrected chi connectivity index (χ3v) is 6.54. The zero-order valence-corrected chi connectivity index (χ0v) is 16.2. The van der Waals surface area contributed by atoms with Gasteiger partial charge in [-0.2, -0.15) is 0 Å². The van der Waals surface area contributed by atoms with Gasteiger partial charge in [-0.1, -0.05) is 25.0 Å². The third-order valence-electron chi connectivity index (χ3n) is 5.13. The Kier molecular flexibility index (Phi) is 5.77. The van der Waals surface area contributed by atoms with E-state index >= 15 is 0 Å². The highest BCUT2D eigenvalue weighted by Gasteiger charge is 2.23. The second-order valence-corrected chi connectivity index (χ2v) is 8.32. The van der Waals surface area contributed by atoms with E-state index in [-0.39, 0.29) is 6.03 Å². The van der Waals surface area contributed by atoms with Gasteiger partial charge in [0.05, 0.1) is 5.69 Å². The lowest BCUT2D eigenvalue weighted by Gasteiger charge is -2.34. The molecule has 0 spiro atoms. The molecule has 1 aromatic heterocycles. The summed E-state index contributed by atoms with van der Waals surface area (Å²) in [4.78, 5) is 26.5. The number of carbonyl (C=O) groups is 1. The van der Waals surface area contributed by atoms with Gasteiger partial charge in [0.25, 0.3) is 0 Å². The molecule has 7 heteroatoms. The van der Waals surface area contributed by atoms with Gasteiger partial charge in [0, 0.05) is 48.7 Å². The highest BCUT2D eigenvalue weighted by atomic mass is 32.2. The average molecular weight is 384 g/mol. The summed E-state index contributed by atoms with van der Waals surface area (Å²) in [6, 6.07) is 9.94. The number of hydrogen-bond acceptors (Lipinski definition) is 5. The van der Waals surface area contributed by atoms with Crippen molar-refractivity contribution in [2.24, 2.45) is 0 Å². The van der Waals surface area contributed by atoms with Crippen molar-refractivity contribution >= 4 is 29.4 Å². The standard InChI is InChI=1S/C20H25N5OS/c26-20(25-14-12-24(13-15-25)19-21-10-5-11-22-19)23-17-8-3-4-9-18(17)27-16-6-1-2-7-16/h3-5,8-11,16H,1-2,6-7,12-15H2,(H,23,26). The van der Waals surface area contributed by atoms with Crippen LogP contribution < -0.4 is 10.2 Å². The molecule has 2 aliphatic rings. The summed E-state index contributed by atoms with van der Waals surface area (Å²) in [6.45, 7) is 2.83. The third kappa shape index (κ3) is 4.53. The van der Waals surface area contributed by atoms with Crippen molar-refractivity contribution in [1.82, 2.24) is 14.9 Å². The van der Waals surface area contributed by atoms with Crippen molar-refractivity contribution in [2.45, 2.75) is 35.8 Å². The fourth-order valence-electron chi connectivity index (χ4n) is 3.62. The molecule has 2 heterocycles. The molecule has 1 aliphatic carbocycles. The number of carbonyl (C=O) groups excluding carboxylic acids is 1. The number of amides is 2. The van der Waals surface area contributed by atoms with Crippen LogP contribution in [0.1, 0.15) is 25.7 Å². The van der Waals surface area contributed by atoms with Gasteiger partial charge in [0.15, 0.2) is 0 Å². The Morgan fingerprint density at radius 2 is 1.70 bits per heavy atom. The molecule has 0 radical (unpaired) electrons. The SMILES string of the molecule is O=C(Nc1ccccc1SC1CCCC1)N1CCN(c2ncccn2)CC1. The van der Waals surface area contributed by atoms with E-state index in [0.29, 0.717) is 18.3 Å². The van der Waals surface area contributed by atoms with E-state index in [9.17, 15) is 4.79 Å². The summed E-state index contributed by atoms with van der Waals surface area (Å²) < 4.78 is 0. The Balaban J connectivity index is 1.34. The van der Waals surface area contributed by atoms with Crippen molar-refractivity contribution in [1.29, 1.82) is 0 Å². The van der Waals surface area contributed by atoms with Gasteiger partial charge in [-0.3, -0.25) is 0 Å². The van der Waals surface area contributed by atoms with E-state index in [2.05, 4.69) is 26.3 Å². The van der Waals surface area contributed by atoms with E-state index < -0.39 is 0 Å². The molecule has 1 N–H and O–H groups in total. The molecular formula is C20H25N5OS. The second-order valence-electron chi connectivity index (χ2n) is 6.97. The molecule has 0 unspecified atom stereocenters. The van der Waals surface area contributed by atoms with Gasteiger partial charge in [-0.25, -0.2) is 14.8 Å². The van der Waals surface area contributed by atoms with Crippen LogP contribution >= 0.6 is 11.8 Å². The summed E-state index contributed by atoms with van der Waals surface area (Å²) >= 11 is 1.91. The number of aromatic nitrogens is 2. The van der Waals surface area contributed by atoms with Crippen LogP contribution in [0, 0.1) is 0 Å². The lowest BCUT2D eigenvalue weighted by molar-refractivity contribution is 0.208. The fourth-order valence-corrected chi connectivity index (χ4v) is 4.95. The number of anilines is 2. The minimum Gasteiger partial charge on any atom is -0.337 e. The molecule has 2 amide bonds. The second kappa shape index (κ2) is 8.61. The van der Waals surface area contributed by atoms with Crippen LogP contribution in [0.15, 0.2) is 47.6 Å². The molecule has 27 heavy (non-hydrogen) atoms. The molecule has 142 valence electrons. The van der Waals surface area contributed by atoms with Crippen molar-refractivity contribution in [3.63, 3.8) is 0 Å². The van der Waals surface area contributed by atoms with Crippen LogP contribution in [-0.4, -0.2) is 52.3 Å². The predicted molar refractivity (Wildman–Crippen MR) is 109 cm³/mol. The molecular weight excluding hydrogens is 358 g/mol. The molecule has 0 bridgehead atoms. The Bertz CT molecular complexity index is 758. The summed E-state index contributed by atoms with van der Waals surface area (Å²) in [7, 11) is 0. The molecule has 2 fully saturated rings. The largest absolute Gasteiger partial charge is 0.337 e. The summed E-state index contributed by atoms with van der Waals surface area (Å²) in [5.74, 6) is 0.732. The zero-order chi connectivity index (χ0) is 18.5. The van der Waals surface area contributed by atoms with E-state index in [1.54, 1.807) is 12.4 Å². The zero-order valence-electron chi connectivity index (χ0n) is 15.4. The quantitative estimate of drug-likeness (QED) is 0.868. The van der Waals surface area contributed by atoms with Crippen LogP contribution in [0.5, 0.6) is 0 Å². The number of urea groups is 1. The first-order chi connectivity index (χ1) is 13.3. The molecule has 1 aliphatic heterocycles. The van der Waals surface area contributed by atoms with Gasteiger partial charge >= 0.3 is 6.03 Å². The number of nitrogens with zero attached hydrogens (tertiary/aromatic N) is 4. The van der Waals surface area contributed by atoms with Crippen LogP contribution in [0.2, 0.25) is 0 Å². The maximum atomic E-state index is 12.8. The summed E-state index contributed by atoms with van der Waals surface area (Å²) in [5.41, 5.74) is 0.924. The van der Waals surface area contributed by atoms with Crippen molar-refractivity contribution in [2.75, 3.05) is 36.4 Å². The van der Waals surface area contributed by atoms with Crippen LogP contribution in [0.3, 0.4) is 0 Å². The van der Waals surface area contributed by atoms with E-state index in [4.69, 9.17) is 0 Å². The maximum absolute atomic E-state index is 12.8. The Labute approximate surface area is 164 Å². The van der Waals surface area contributed by atoms with Crippen molar-refractivity contribution < 1.29 is 4.79 Å². The van der Waals surface area contributed by atoms with E-state index in [1.165, 1.54) is 30.6 Å². The summed E-state index contributed by atoms with van der Waals surface area (Å²) in [5, 5.41) is 3.80. The Hall–Kier alpha value is -2.28. The molecule has 6 nitrogen and oxygen atoms in total. The molecule has 1 aromatic carbocycles. The Morgan fingerprint density at radius 3 is 2.44 bits per heavy atom. The lowest BCUT2D eigenvalue weighted by Crippen LogP contribution is -2.50. The molecule has 4 rings (SSSR count). The number of rotatable bonds is 4. The van der Waals surface area contributed by atoms with Crippen LogP contribution in [-0.2, 0) is 0 Å². The number of thioether (sulfide) groups is 1. The number of benzene rings is 1. The van der Waals surface area contributed by atoms with Crippen LogP contribution in [0.25, 0.3) is 0 Å². The molecule has 2 aromatic rings. The van der Waals surface area contributed by atoms with E-state index in [0.717, 1.165) is 24.7 Å². The first-order valence-corrected chi connectivity index (χ1v) is 10.5. The highest BCUT2D eigenvalue weighted by molar-refractivity contribution is 8.00. The average Bonchev–Trinajstić information content (AvgIpc) is 3.23. The minimum atomic E-state index is -0.0249. The van der Waals surface area contributed by atoms with Crippen molar-refractivity contribution in [3.05, 3.63) is 42.7 Å². The smallest absolute Gasteiger partial charge is 0.321 e. The summed E-state index contributed by atoms with van der Waals surface area (Å²) in [6.07, 6.45) is 8.69. The fraction of sp³-hybridized carbons (Fsp3) is 0.450. The Morgan fingerprint density at radius 1 is 1.00 bits per heavy atom. The van der Waals surface area contributed by atoms with E-state index in [1.807, 2.05) is 40.9 Å². The lowest BCUT2D eigenvalue weighted by atomic mass is 10.3. The predicted octanol–water partition coefficient (Wildman–Crippen LogP) is 3.87. The molecule has 0 atom stereocenters. The highest BCUT2D eigenvalue weighted by Crippen LogP contribution is 2.38.